The third kappa shape index (κ3) is 2.75. The maximum atomic E-state index is 12.2. The van der Waals surface area contributed by atoms with E-state index >= 15 is 0 Å². The van der Waals surface area contributed by atoms with Gasteiger partial charge in [0.2, 0.25) is 5.91 Å². The minimum Gasteiger partial charge on any atom is -0.381 e. The van der Waals surface area contributed by atoms with Gasteiger partial charge in [0.25, 0.3) is 5.69 Å². The van der Waals surface area contributed by atoms with Crippen molar-refractivity contribution in [3.63, 3.8) is 0 Å². The molecule has 0 saturated carbocycles. The molecule has 1 saturated heterocycles. The van der Waals surface area contributed by atoms with Crippen molar-refractivity contribution >= 4 is 17.3 Å². The zero-order valence-corrected chi connectivity index (χ0v) is 10.7. The Morgan fingerprint density at radius 3 is 2.45 bits per heavy atom. The molecule has 1 amide bonds. The topological polar surface area (TPSA) is 105 Å². The molecule has 1 N–H and O–H groups in total. The van der Waals surface area contributed by atoms with Crippen LogP contribution in [0, 0.1) is 26.9 Å². The number of nitro benzene ring substituents is 1. The second-order valence-electron chi connectivity index (χ2n) is 4.56. The van der Waals surface area contributed by atoms with Gasteiger partial charge in [0, 0.05) is 31.0 Å². The smallest absolute Gasteiger partial charge is 0.269 e. The molecule has 0 atom stereocenters. The minimum atomic E-state index is -1.08. The van der Waals surface area contributed by atoms with Gasteiger partial charge >= 0.3 is 0 Å². The summed E-state index contributed by atoms with van der Waals surface area (Å²) in [5.41, 5.74) is -0.703. The zero-order valence-electron chi connectivity index (χ0n) is 10.7. The Hall–Kier alpha value is -2.46. The molecule has 104 valence electrons. The van der Waals surface area contributed by atoms with Crippen molar-refractivity contribution in [1.82, 2.24) is 0 Å². The number of nitriles is 1. The fraction of sp³-hybridized carbons (Fsp3) is 0.385. The van der Waals surface area contributed by atoms with Crippen molar-refractivity contribution in [2.45, 2.75) is 12.8 Å². The first-order valence-electron chi connectivity index (χ1n) is 6.12. The molecule has 0 radical (unpaired) electrons. The second-order valence-corrected chi connectivity index (χ2v) is 4.56. The maximum absolute atomic E-state index is 12.2. The van der Waals surface area contributed by atoms with Crippen LogP contribution < -0.4 is 5.32 Å². The van der Waals surface area contributed by atoms with Gasteiger partial charge in [0.1, 0.15) is 5.41 Å². The summed E-state index contributed by atoms with van der Waals surface area (Å²) in [5.74, 6) is -0.392. The average Bonchev–Trinajstić information content (AvgIpc) is 2.48. The molecular weight excluding hydrogens is 262 g/mol. The molecule has 7 heteroatoms. The van der Waals surface area contributed by atoms with E-state index in [4.69, 9.17) is 4.74 Å². The Balaban J connectivity index is 2.10. The molecule has 1 aliphatic heterocycles. The largest absolute Gasteiger partial charge is 0.381 e. The van der Waals surface area contributed by atoms with Crippen LogP contribution in [-0.4, -0.2) is 24.0 Å². The molecule has 0 aromatic heterocycles. The van der Waals surface area contributed by atoms with Crippen molar-refractivity contribution in [1.29, 1.82) is 5.26 Å². The normalized spacial score (nSPS) is 16.9. The van der Waals surface area contributed by atoms with E-state index in [9.17, 15) is 20.2 Å². The van der Waals surface area contributed by atoms with Gasteiger partial charge in [-0.05, 0) is 25.0 Å². The Labute approximate surface area is 115 Å². The molecule has 7 nitrogen and oxygen atoms in total. The molecule has 2 rings (SSSR count). The quantitative estimate of drug-likeness (QED) is 0.669. The molecule has 0 unspecified atom stereocenters. The summed E-state index contributed by atoms with van der Waals surface area (Å²) in [6.07, 6.45) is 0.699. The van der Waals surface area contributed by atoms with Crippen LogP contribution in [0.4, 0.5) is 11.4 Å². The highest BCUT2D eigenvalue weighted by Gasteiger charge is 2.40. The SMILES string of the molecule is N#CC1(C(=O)Nc2ccc([N+](=O)[O-])cc2)CCOCC1. The number of hydrogen-bond donors (Lipinski definition) is 1. The van der Waals surface area contributed by atoms with Crippen LogP contribution in [0.3, 0.4) is 0 Å². The minimum absolute atomic E-state index is 0.0518. The Morgan fingerprint density at radius 1 is 1.35 bits per heavy atom. The van der Waals surface area contributed by atoms with Gasteiger partial charge in [0.15, 0.2) is 0 Å². The van der Waals surface area contributed by atoms with Crippen LogP contribution in [0.5, 0.6) is 0 Å². The zero-order chi connectivity index (χ0) is 14.6. The molecule has 1 heterocycles. The van der Waals surface area contributed by atoms with Gasteiger partial charge < -0.3 is 10.1 Å². The fourth-order valence-electron chi connectivity index (χ4n) is 2.03. The summed E-state index contributed by atoms with van der Waals surface area (Å²) in [5, 5.41) is 22.4. The highest BCUT2D eigenvalue weighted by molar-refractivity contribution is 5.97. The number of carbonyl (C=O) groups excluding carboxylic acids is 1. The molecule has 1 aromatic carbocycles. The van der Waals surface area contributed by atoms with Gasteiger partial charge in [-0.3, -0.25) is 14.9 Å². The van der Waals surface area contributed by atoms with Crippen molar-refractivity contribution in [3.05, 3.63) is 34.4 Å². The Morgan fingerprint density at radius 2 is 1.95 bits per heavy atom. The lowest BCUT2D eigenvalue weighted by Crippen LogP contribution is -2.39. The summed E-state index contributed by atoms with van der Waals surface area (Å²) in [6.45, 7) is 0.752. The van der Waals surface area contributed by atoms with Crippen LogP contribution in [0.1, 0.15) is 12.8 Å². The number of amides is 1. The lowest BCUT2D eigenvalue weighted by molar-refractivity contribution is -0.384. The molecule has 1 fully saturated rings. The van der Waals surface area contributed by atoms with Crippen LogP contribution in [0.15, 0.2) is 24.3 Å². The summed E-state index contributed by atoms with van der Waals surface area (Å²) < 4.78 is 5.16. The van der Waals surface area contributed by atoms with Crippen molar-refractivity contribution in [2.75, 3.05) is 18.5 Å². The van der Waals surface area contributed by atoms with Crippen molar-refractivity contribution in [3.8, 4) is 6.07 Å². The molecule has 0 spiro atoms. The number of nitrogens with zero attached hydrogens (tertiary/aromatic N) is 2. The van der Waals surface area contributed by atoms with Gasteiger partial charge in [-0.2, -0.15) is 5.26 Å². The lowest BCUT2D eigenvalue weighted by atomic mass is 9.81. The Kier molecular flexibility index (Phi) is 3.96. The monoisotopic (exact) mass is 275 g/mol. The first kappa shape index (κ1) is 14.0. The van der Waals surface area contributed by atoms with E-state index in [2.05, 4.69) is 11.4 Å². The number of nitrogens with one attached hydrogen (secondary N) is 1. The standard InChI is InChI=1S/C13H13N3O4/c14-9-13(5-7-20-8-6-13)12(17)15-10-1-3-11(4-2-10)16(18)19/h1-4H,5-8H2,(H,15,17). The predicted octanol–water partition coefficient (Wildman–Crippen LogP) is 1.85. The highest BCUT2D eigenvalue weighted by atomic mass is 16.6. The number of carbonyl (C=O) groups is 1. The van der Waals surface area contributed by atoms with E-state index in [1.807, 2.05) is 0 Å². The van der Waals surface area contributed by atoms with E-state index in [0.29, 0.717) is 31.7 Å². The van der Waals surface area contributed by atoms with Crippen LogP contribution in [0.25, 0.3) is 0 Å². The first-order valence-corrected chi connectivity index (χ1v) is 6.12. The van der Waals surface area contributed by atoms with E-state index in [1.165, 1.54) is 24.3 Å². The molecular formula is C13H13N3O4. The predicted molar refractivity (Wildman–Crippen MR) is 69.8 cm³/mol. The van der Waals surface area contributed by atoms with E-state index < -0.39 is 16.2 Å². The summed E-state index contributed by atoms with van der Waals surface area (Å²) >= 11 is 0. The molecule has 0 aliphatic carbocycles. The van der Waals surface area contributed by atoms with E-state index in [-0.39, 0.29) is 5.69 Å². The fourth-order valence-corrected chi connectivity index (χ4v) is 2.03. The van der Waals surface area contributed by atoms with Gasteiger partial charge in [0.05, 0.1) is 11.0 Å². The van der Waals surface area contributed by atoms with Gasteiger partial charge in [-0.25, -0.2) is 0 Å². The van der Waals surface area contributed by atoms with Crippen molar-refractivity contribution < 1.29 is 14.5 Å². The van der Waals surface area contributed by atoms with Crippen molar-refractivity contribution in [2.24, 2.45) is 5.41 Å². The number of hydrogen-bond acceptors (Lipinski definition) is 5. The second kappa shape index (κ2) is 5.67. The van der Waals surface area contributed by atoms with Crippen LogP contribution in [-0.2, 0) is 9.53 Å². The summed E-state index contributed by atoms with van der Waals surface area (Å²) in [7, 11) is 0. The first-order chi connectivity index (χ1) is 9.57. The third-order valence-electron chi connectivity index (χ3n) is 3.33. The van der Waals surface area contributed by atoms with Crippen LogP contribution in [0.2, 0.25) is 0 Å². The summed E-state index contributed by atoms with van der Waals surface area (Å²) in [6, 6.07) is 7.56. The number of rotatable bonds is 3. The molecule has 1 aliphatic rings. The number of benzene rings is 1. The molecule has 0 bridgehead atoms. The average molecular weight is 275 g/mol. The third-order valence-corrected chi connectivity index (χ3v) is 3.33. The number of anilines is 1. The lowest BCUT2D eigenvalue weighted by Gasteiger charge is -2.29. The number of non-ortho nitro benzene ring substituents is 1. The van der Waals surface area contributed by atoms with Gasteiger partial charge in [-0.1, -0.05) is 0 Å². The number of ether oxygens (including phenoxy) is 1. The van der Waals surface area contributed by atoms with Gasteiger partial charge in [-0.15, -0.1) is 0 Å². The molecule has 1 aromatic rings. The summed E-state index contributed by atoms with van der Waals surface area (Å²) in [4.78, 5) is 22.2. The molecule has 20 heavy (non-hydrogen) atoms. The van der Waals surface area contributed by atoms with E-state index in [0.717, 1.165) is 0 Å². The maximum Gasteiger partial charge on any atom is 0.269 e. The number of nitro groups is 1. The highest BCUT2D eigenvalue weighted by Crippen LogP contribution is 2.31. The van der Waals surface area contributed by atoms with Crippen LogP contribution >= 0.6 is 0 Å². The Bertz CT molecular complexity index is 556. The van der Waals surface area contributed by atoms with E-state index in [1.54, 1.807) is 0 Å².